The molecule has 1 amide bonds. The number of nitrogens with two attached hydrogens (primary N) is 1. The third kappa shape index (κ3) is 2.68. The van der Waals surface area contributed by atoms with Gasteiger partial charge in [0.1, 0.15) is 0 Å². The van der Waals surface area contributed by atoms with Crippen LogP contribution in [0.4, 0.5) is 0 Å². The minimum atomic E-state index is -2.93. The highest BCUT2D eigenvalue weighted by Crippen LogP contribution is 2.09. The molecule has 14 heavy (non-hydrogen) atoms. The van der Waals surface area contributed by atoms with E-state index in [2.05, 4.69) is 0 Å². The van der Waals surface area contributed by atoms with Gasteiger partial charge in [-0.05, 0) is 13.8 Å². The van der Waals surface area contributed by atoms with Crippen LogP contribution < -0.4 is 5.73 Å². The van der Waals surface area contributed by atoms with E-state index in [0.29, 0.717) is 0 Å². The van der Waals surface area contributed by atoms with Gasteiger partial charge in [0.2, 0.25) is 5.91 Å². The van der Waals surface area contributed by atoms with Crippen LogP contribution in [-0.4, -0.2) is 49.4 Å². The molecule has 0 unspecified atom stereocenters. The molecule has 2 N–H and O–H groups in total. The Morgan fingerprint density at radius 3 is 2.07 bits per heavy atom. The molecule has 0 saturated carbocycles. The first-order chi connectivity index (χ1) is 6.22. The van der Waals surface area contributed by atoms with Crippen LogP contribution in [0.3, 0.4) is 0 Å². The Balaban J connectivity index is 2.63. The van der Waals surface area contributed by atoms with Crippen LogP contribution >= 0.6 is 0 Å². The number of amides is 1. The largest absolute Gasteiger partial charge is 0.339 e. The molecular formula is C8H16N2O3S. The molecule has 1 aliphatic rings. The van der Waals surface area contributed by atoms with Crippen molar-refractivity contribution in [1.82, 2.24) is 4.90 Å². The number of carbonyl (C=O) groups is 1. The molecule has 0 spiro atoms. The van der Waals surface area contributed by atoms with Crippen molar-refractivity contribution in [3.63, 3.8) is 0 Å². The van der Waals surface area contributed by atoms with Crippen LogP contribution in [0.2, 0.25) is 0 Å². The number of rotatable bonds is 1. The minimum absolute atomic E-state index is 0.0504. The third-order valence-electron chi connectivity index (χ3n) is 2.18. The molecule has 0 aromatic heterocycles. The van der Waals surface area contributed by atoms with E-state index in [4.69, 9.17) is 5.73 Å². The molecule has 0 bridgehead atoms. The lowest BCUT2D eigenvalue weighted by Crippen LogP contribution is -2.55. The van der Waals surface area contributed by atoms with Crippen LogP contribution in [0.25, 0.3) is 0 Å². The van der Waals surface area contributed by atoms with Crippen LogP contribution in [0.15, 0.2) is 0 Å². The zero-order chi connectivity index (χ0) is 11.0. The summed E-state index contributed by atoms with van der Waals surface area (Å²) in [5.74, 6) is -0.0868. The monoisotopic (exact) mass is 220 g/mol. The van der Waals surface area contributed by atoms with Crippen molar-refractivity contribution in [1.29, 1.82) is 0 Å². The number of nitrogens with zero attached hydrogens (tertiary/aromatic N) is 1. The van der Waals surface area contributed by atoms with E-state index in [1.165, 1.54) is 4.90 Å². The summed E-state index contributed by atoms with van der Waals surface area (Å²) in [7, 11) is -2.93. The van der Waals surface area contributed by atoms with E-state index in [-0.39, 0.29) is 30.5 Å². The van der Waals surface area contributed by atoms with Crippen LogP contribution in [0, 0.1) is 0 Å². The Bertz CT molecular complexity index is 315. The molecule has 1 rings (SSSR count). The van der Waals surface area contributed by atoms with Crippen molar-refractivity contribution >= 4 is 15.7 Å². The van der Waals surface area contributed by atoms with E-state index in [1.54, 1.807) is 13.8 Å². The number of carbonyl (C=O) groups excluding carboxylic acids is 1. The topological polar surface area (TPSA) is 80.5 Å². The lowest BCUT2D eigenvalue weighted by Gasteiger charge is -2.31. The number of hydrogen-bond donors (Lipinski definition) is 1. The van der Waals surface area contributed by atoms with Gasteiger partial charge in [-0.1, -0.05) is 0 Å². The van der Waals surface area contributed by atoms with Crippen molar-refractivity contribution in [3.8, 4) is 0 Å². The van der Waals surface area contributed by atoms with Crippen molar-refractivity contribution < 1.29 is 13.2 Å². The summed E-state index contributed by atoms with van der Waals surface area (Å²) in [5.41, 5.74) is 4.72. The van der Waals surface area contributed by atoms with Crippen LogP contribution in [0.1, 0.15) is 13.8 Å². The SMILES string of the molecule is CC(C)(N)C(=O)N1CCS(=O)(=O)CC1. The Morgan fingerprint density at radius 1 is 1.29 bits per heavy atom. The van der Waals surface area contributed by atoms with Gasteiger partial charge in [-0.3, -0.25) is 4.79 Å². The summed E-state index contributed by atoms with van der Waals surface area (Å²) < 4.78 is 22.2. The van der Waals surface area contributed by atoms with Crippen molar-refractivity contribution in [2.45, 2.75) is 19.4 Å². The summed E-state index contributed by atoms with van der Waals surface area (Å²) in [6.45, 7) is 3.78. The van der Waals surface area contributed by atoms with Crippen LogP contribution in [0.5, 0.6) is 0 Å². The van der Waals surface area contributed by atoms with Crippen LogP contribution in [-0.2, 0) is 14.6 Å². The quantitative estimate of drug-likeness (QED) is 0.613. The smallest absolute Gasteiger partial charge is 0.242 e. The summed E-state index contributed by atoms with van der Waals surface area (Å²) in [4.78, 5) is 13.2. The van der Waals surface area contributed by atoms with Gasteiger partial charge in [0.25, 0.3) is 0 Å². The van der Waals surface area contributed by atoms with Gasteiger partial charge in [0, 0.05) is 13.1 Å². The second kappa shape index (κ2) is 3.51. The second-order valence-electron chi connectivity index (χ2n) is 4.17. The zero-order valence-corrected chi connectivity index (χ0v) is 9.30. The summed E-state index contributed by atoms with van der Waals surface area (Å²) >= 11 is 0. The first kappa shape index (κ1) is 11.5. The van der Waals surface area contributed by atoms with E-state index >= 15 is 0 Å². The van der Waals surface area contributed by atoms with Crippen molar-refractivity contribution in [2.75, 3.05) is 24.6 Å². The van der Waals surface area contributed by atoms with Gasteiger partial charge in [-0.15, -0.1) is 0 Å². The second-order valence-corrected chi connectivity index (χ2v) is 6.47. The van der Waals surface area contributed by atoms with Gasteiger partial charge < -0.3 is 10.6 Å². The lowest BCUT2D eigenvalue weighted by molar-refractivity contribution is -0.135. The molecular weight excluding hydrogens is 204 g/mol. The standard InChI is InChI=1S/C8H16N2O3S/c1-8(2,9)7(11)10-3-5-14(12,13)6-4-10/h3-6,9H2,1-2H3. The lowest BCUT2D eigenvalue weighted by atomic mass is 10.1. The molecule has 0 aromatic carbocycles. The highest BCUT2D eigenvalue weighted by atomic mass is 32.2. The predicted octanol–water partition coefficient (Wildman–Crippen LogP) is -1.02. The fourth-order valence-electron chi connectivity index (χ4n) is 1.32. The Morgan fingerprint density at radius 2 is 1.71 bits per heavy atom. The third-order valence-corrected chi connectivity index (χ3v) is 3.79. The summed E-state index contributed by atoms with van der Waals surface area (Å²) in [6.07, 6.45) is 0. The van der Waals surface area contributed by atoms with Gasteiger partial charge in [-0.25, -0.2) is 8.42 Å². The van der Waals surface area contributed by atoms with E-state index in [1.807, 2.05) is 0 Å². The molecule has 0 aliphatic carbocycles. The Labute approximate surface area is 84.2 Å². The number of sulfone groups is 1. The molecule has 82 valence electrons. The summed E-state index contributed by atoms with van der Waals surface area (Å²) in [6, 6.07) is 0. The maximum absolute atomic E-state index is 11.6. The average Bonchev–Trinajstić information content (AvgIpc) is 2.01. The maximum Gasteiger partial charge on any atom is 0.242 e. The van der Waals surface area contributed by atoms with Gasteiger partial charge in [0.05, 0.1) is 17.0 Å². The Kier molecular flexibility index (Phi) is 2.87. The predicted molar refractivity (Wildman–Crippen MR) is 53.5 cm³/mol. The average molecular weight is 220 g/mol. The fraction of sp³-hybridized carbons (Fsp3) is 0.875. The minimum Gasteiger partial charge on any atom is -0.339 e. The molecule has 1 saturated heterocycles. The van der Waals surface area contributed by atoms with E-state index in [0.717, 1.165) is 0 Å². The molecule has 5 nitrogen and oxygen atoms in total. The first-order valence-corrected chi connectivity index (χ1v) is 6.33. The molecule has 1 fully saturated rings. The normalized spacial score (nSPS) is 22.1. The molecule has 0 aromatic rings. The first-order valence-electron chi connectivity index (χ1n) is 4.51. The van der Waals surface area contributed by atoms with Gasteiger partial charge >= 0.3 is 0 Å². The highest BCUT2D eigenvalue weighted by Gasteiger charge is 2.31. The zero-order valence-electron chi connectivity index (χ0n) is 8.49. The highest BCUT2D eigenvalue weighted by molar-refractivity contribution is 7.91. The molecule has 0 atom stereocenters. The Hall–Kier alpha value is -0.620. The van der Waals surface area contributed by atoms with E-state index < -0.39 is 15.4 Å². The van der Waals surface area contributed by atoms with E-state index in [9.17, 15) is 13.2 Å². The summed E-state index contributed by atoms with van der Waals surface area (Å²) in [5, 5.41) is 0. The molecule has 6 heteroatoms. The maximum atomic E-state index is 11.6. The van der Waals surface area contributed by atoms with Crippen molar-refractivity contribution in [2.24, 2.45) is 5.73 Å². The fourth-order valence-corrected chi connectivity index (χ4v) is 2.52. The molecule has 0 radical (unpaired) electrons. The van der Waals surface area contributed by atoms with Gasteiger partial charge in [0.15, 0.2) is 9.84 Å². The molecule has 1 aliphatic heterocycles. The molecule has 1 heterocycles. The number of hydrogen-bond acceptors (Lipinski definition) is 4. The van der Waals surface area contributed by atoms with Crippen molar-refractivity contribution in [3.05, 3.63) is 0 Å². The van der Waals surface area contributed by atoms with Gasteiger partial charge in [-0.2, -0.15) is 0 Å².